The van der Waals surface area contributed by atoms with Crippen LogP contribution in [0.5, 0.6) is 5.95 Å². The smallest absolute Gasteiger partial charge is 0.408 e. The zero-order valence-electron chi connectivity index (χ0n) is 13.6. The van der Waals surface area contributed by atoms with Crippen LogP contribution in [-0.4, -0.2) is 18.8 Å². The topological polar surface area (TPSA) is 60.7 Å². The molecule has 0 aliphatic rings. The molecule has 5 nitrogen and oxygen atoms in total. The van der Waals surface area contributed by atoms with Crippen LogP contribution in [0, 0.1) is 0 Å². The maximum atomic E-state index is 12.1. The van der Waals surface area contributed by atoms with Gasteiger partial charge in [0, 0.05) is 10.5 Å². The SMILES string of the molecule is COc1ccc(C(NC(=O)OC(C)(C)C)c2ccc(Br)cc2)o1. The molecular weight excluding hydrogens is 362 g/mol. The van der Waals surface area contributed by atoms with E-state index in [0.29, 0.717) is 11.7 Å². The van der Waals surface area contributed by atoms with E-state index >= 15 is 0 Å². The van der Waals surface area contributed by atoms with Crippen molar-refractivity contribution in [2.45, 2.75) is 32.4 Å². The highest BCUT2D eigenvalue weighted by Crippen LogP contribution is 2.28. The number of alkyl carbamates (subject to hydrolysis) is 1. The molecular formula is C17H20BrNO4. The molecule has 1 N–H and O–H groups in total. The van der Waals surface area contributed by atoms with Gasteiger partial charge in [-0.15, -0.1) is 0 Å². The minimum atomic E-state index is -0.574. The molecule has 23 heavy (non-hydrogen) atoms. The van der Waals surface area contributed by atoms with Crippen molar-refractivity contribution in [1.29, 1.82) is 0 Å². The standard InChI is InChI=1S/C17H20BrNO4/c1-17(2,3)23-16(20)19-15(11-5-7-12(18)8-6-11)13-9-10-14(21-4)22-13/h5-10,15H,1-4H3,(H,19,20). The van der Waals surface area contributed by atoms with Crippen LogP contribution in [-0.2, 0) is 4.74 Å². The first-order chi connectivity index (χ1) is 10.8. The number of hydrogen-bond acceptors (Lipinski definition) is 4. The van der Waals surface area contributed by atoms with Crippen molar-refractivity contribution in [2.75, 3.05) is 7.11 Å². The van der Waals surface area contributed by atoms with E-state index in [1.54, 1.807) is 12.1 Å². The second-order valence-electron chi connectivity index (χ2n) is 5.99. The number of ether oxygens (including phenoxy) is 2. The van der Waals surface area contributed by atoms with Gasteiger partial charge in [-0.25, -0.2) is 4.79 Å². The lowest BCUT2D eigenvalue weighted by Crippen LogP contribution is -2.35. The van der Waals surface area contributed by atoms with Gasteiger partial charge >= 0.3 is 6.09 Å². The van der Waals surface area contributed by atoms with E-state index in [2.05, 4.69) is 21.2 Å². The average molecular weight is 382 g/mol. The molecule has 1 unspecified atom stereocenters. The van der Waals surface area contributed by atoms with Gasteiger partial charge < -0.3 is 19.2 Å². The first-order valence-electron chi connectivity index (χ1n) is 7.17. The Labute approximate surface area is 144 Å². The summed E-state index contributed by atoms with van der Waals surface area (Å²) in [7, 11) is 1.53. The Hall–Kier alpha value is -1.95. The molecule has 1 atom stereocenters. The molecule has 0 aliphatic heterocycles. The van der Waals surface area contributed by atoms with Crippen LogP contribution in [0.25, 0.3) is 0 Å². The van der Waals surface area contributed by atoms with E-state index in [0.717, 1.165) is 10.0 Å². The third-order valence-corrected chi connectivity index (χ3v) is 3.48. The van der Waals surface area contributed by atoms with E-state index < -0.39 is 17.7 Å². The van der Waals surface area contributed by atoms with Crippen molar-refractivity contribution < 1.29 is 18.7 Å². The summed E-state index contributed by atoms with van der Waals surface area (Å²) in [4.78, 5) is 12.1. The lowest BCUT2D eigenvalue weighted by molar-refractivity contribution is 0.0506. The van der Waals surface area contributed by atoms with Gasteiger partial charge in [-0.05, 0) is 44.5 Å². The number of methoxy groups -OCH3 is 1. The Morgan fingerprint density at radius 1 is 1.17 bits per heavy atom. The summed E-state index contributed by atoms with van der Waals surface area (Å²) in [5, 5.41) is 2.84. The Morgan fingerprint density at radius 2 is 1.83 bits per heavy atom. The van der Waals surface area contributed by atoms with Gasteiger partial charge in [0.05, 0.1) is 7.11 Å². The molecule has 0 radical (unpaired) electrons. The van der Waals surface area contributed by atoms with Crippen LogP contribution in [0.3, 0.4) is 0 Å². The van der Waals surface area contributed by atoms with Crippen molar-refractivity contribution in [3.63, 3.8) is 0 Å². The summed E-state index contributed by atoms with van der Waals surface area (Å²) in [6.45, 7) is 5.45. The number of amides is 1. The quantitative estimate of drug-likeness (QED) is 0.835. The molecule has 1 heterocycles. The monoisotopic (exact) mass is 381 g/mol. The minimum Gasteiger partial charge on any atom is -0.468 e. The van der Waals surface area contributed by atoms with Crippen LogP contribution < -0.4 is 10.1 Å². The van der Waals surface area contributed by atoms with Crippen LogP contribution in [0.15, 0.2) is 45.3 Å². The first-order valence-corrected chi connectivity index (χ1v) is 7.96. The van der Waals surface area contributed by atoms with Crippen molar-refractivity contribution in [1.82, 2.24) is 5.32 Å². The first kappa shape index (κ1) is 17.4. The molecule has 1 aromatic heterocycles. The number of carbonyl (C=O) groups is 1. The fourth-order valence-electron chi connectivity index (χ4n) is 2.00. The van der Waals surface area contributed by atoms with Crippen molar-refractivity contribution >= 4 is 22.0 Å². The van der Waals surface area contributed by atoms with Crippen LogP contribution >= 0.6 is 15.9 Å². The largest absolute Gasteiger partial charge is 0.468 e. The lowest BCUT2D eigenvalue weighted by Gasteiger charge is -2.23. The van der Waals surface area contributed by atoms with E-state index in [4.69, 9.17) is 13.9 Å². The Kier molecular flexibility index (Phi) is 5.36. The van der Waals surface area contributed by atoms with Crippen LogP contribution in [0.4, 0.5) is 4.79 Å². The number of carbonyl (C=O) groups excluding carboxylic acids is 1. The van der Waals surface area contributed by atoms with Crippen LogP contribution in [0.1, 0.15) is 38.1 Å². The normalized spacial score (nSPS) is 12.6. The van der Waals surface area contributed by atoms with Crippen molar-refractivity contribution in [3.8, 4) is 5.95 Å². The summed E-state index contributed by atoms with van der Waals surface area (Å²) < 4.78 is 17.0. The van der Waals surface area contributed by atoms with Gasteiger partial charge in [0.25, 0.3) is 5.95 Å². The highest BCUT2D eigenvalue weighted by molar-refractivity contribution is 9.10. The molecule has 0 saturated heterocycles. The molecule has 0 saturated carbocycles. The molecule has 0 fully saturated rings. The second kappa shape index (κ2) is 7.08. The number of rotatable bonds is 4. The summed E-state index contributed by atoms with van der Waals surface area (Å²) in [5.41, 5.74) is 0.297. The summed E-state index contributed by atoms with van der Waals surface area (Å²) in [5.74, 6) is 0.947. The molecule has 124 valence electrons. The average Bonchev–Trinajstić information content (AvgIpc) is 2.92. The number of nitrogens with one attached hydrogen (secondary N) is 1. The van der Waals surface area contributed by atoms with Gasteiger partial charge in [0.15, 0.2) is 0 Å². The highest BCUT2D eigenvalue weighted by atomic mass is 79.9. The zero-order valence-corrected chi connectivity index (χ0v) is 15.1. The minimum absolute atomic E-state index is 0.383. The molecule has 0 aliphatic carbocycles. The van der Waals surface area contributed by atoms with E-state index in [1.807, 2.05) is 45.0 Å². The zero-order chi connectivity index (χ0) is 17.0. The molecule has 2 rings (SSSR count). The summed E-state index contributed by atoms with van der Waals surface area (Å²) >= 11 is 3.40. The van der Waals surface area contributed by atoms with Gasteiger partial charge in [-0.3, -0.25) is 0 Å². The van der Waals surface area contributed by atoms with E-state index in [-0.39, 0.29) is 0 Å². The molecule has 0 bridgehead atoms. The maximum absolute atomic E-state index is 12.1. The van der Waals surface area contributed by atoms with E-state index in [9.17, 15) is 4.79 Å². The van der Waals surface area contributed by atoms with Crippen molar-refractivity contribution in [3.05, 3.63) is 52.2 Å². The fourth-order valence-corrected chi connectivity index (χ4v) is 2.26. The Bertz CT molecular complexity index is 658. The van der Waals surface area contributed by atoms with E-state index in [1.165, 1.54) is 7.11 Å². The summed E-state index contributed by atoms with van der Waals surface area (Å²) in [6.07, 6.45) is -0.513. The number of halogens is 1. The third kappa shape index (κ3) is 5.03. The third-order valence-electron chi connectivity index (χ3n) is 2.95. The summed E-state index contributed by atoms with van der Waals surface area (Å²) in [6, 6.07) is 10.6. The van der Waals surface area contributed by atoms with Gasteiger partial charge in [0.1, 0.15) is 17.4 Å². The number of furan rings is 1. The maximum Gasteiger partial charge on any atom is 0.408 e. The molecule has 1 amide bonds. The number of hydrogen-bond donors (Lipinski definition) is 1. The second-order valence-corrected chi connectivity index (χ2v) is 6.91. The van der Waals surface area contributed by atoms with Gasteiger partial charge in [-0.2, -0.15) is 0 Å². The Balaban J connectivity index is 2.27. The van der Waals surface area contributed by atoms with Crippen molar-refractivity contribution in [2.24, 2.45) is 0 Å². The fraction of sp³-hybridized carbons (Fsp3) is 0.353. The predicted molar refractivity (Wildman–Crippen MR) is 90.6 cm³/mol. The van der Waals surface area contributed by atoms with Crippen LogP contribution in [0.2, 0.25) is 0 Å². The molecule has 2 aromatic rings. The lowest BCUT2D eigenvalue weighted by atomic mass is 10.1. The predicted octanol–water partition coefficient (Wildman–Crippen LogP) is 4.66. The molecule has 1 aromatic carbocycles. The van der Waals surface area contributed by atoms with Gasteiger partial charge in [0.2, 0.25) is 0 Å². The van der Waals surface area contributed by atoms with Gasteiger partial charge in [-0.1, -0.05) is 28.1 Å². The highest BCUT2D eigenvalue weighted by Gasteiger charge is 2.24. The molecule has 6 heteroatoms. The molecule has 0 spiro atoms. The Morgan fingerprint density at radius 3 is 2.35 bits per heavy atom. The number of benzene rings is 1.